The first kappa shape index (κ1) is 12.5. The summed E-state index contributed by atoms with van der Waals surface area (Å²) in [6.45, 7) is 0. The maximum atomic E-state index is 13.0. The smallest absolute Gasteiger partial charge is 0.396 e. The van der Waals surface area contributed by atoms with Crippen molar-refractivity contribution in [2.45, 2.75) is 6.18 Å². The first-order valence-corrected chi connectivity index (χ1v) is 5.86. The summed E-state index contributed by atoms with van der Waals surface area (Å²) < 4.78 is 40.6. The highest BCUT2D eigenvalue weighted by Gasteiger charge is 2.33. The number of fused-ring (bicyclic) bond motifs is 1. The van der Waals surface area contributed by atoms with Crippen molar-refractivity contribution in [3.8, 4) is 11.3 Å². The molecule has 2 heterocycles. The molecule has 0 aliphatic carbocycles. The summed E-state index contributed by atoms with van der Waals surface area (Å²) in [5.74, 6) is 0. The summed E-state index contributed by atoms with van der Waals surface area (Å²) in [5, 5.41) is 0. The maximum absolute atomic E-state index is 13.0. The molecule has 1 aromatic carbocycles. The van der Waals surface area contributed by atoms with E-state index in [1.54, 1.807) is 28.8 Å². The van der Waals surface area contributed by atoms with Crippen molar-refractivity contribution >= 4 is 11.3 Å². The Morgan fingerprint density at radius 1 is 1.05 bits per heavy atom. The summed E-state index contributed by atoms with van der Waals surface area (Å²) in [4.78, 5) is 4.19. The van der Waals surface area contributed by atoms with Gasteiger partial charge in [0.15, 0.2) is 5.65 Å². The van der Waals surface area contributed by atoms with Crippen molar-refractivity contribution in [3.63, 3.8) is 0 Å². The van der Waals surface area contributed by atoms with Crippen molar-refractivity contribution in [2.24, 2.45) is 0 Å². The molecule has 2 aromatic heterocycles. The molecule has 0 bridgehead atoms. The summed E-state index contributed by atoms with van der Waals surface area (Å²) in [7, 11) is 0. The highest BCUT2D eigenvalue weighted by atomic mass is 19.4. The van der Waals surface area contributed by atoms with E-state index in [4.69, 9.17) is 5.73 Å². The molecule has 6 heteroatoms. The van der Waals surface area contributed by atoms with E-state index in [1.165, 1.54) is 18.3 Å². The molecule has 0 atom stereocenters. The van der Waals surface area contributed by atoms with Gasteiger partial charge >= 0.3 is 6.18 Å². The minimum absolute atomic E-state index is 0.0445. The quantitative estimate of drug-likeness (QED) is 0.738. The minimum Gasteiger partial charge on any atom is -0.396 e. The van der Waals surface area contributed by atoms with Crippen LogP contribution in [0.2, 0.25) is 0 Å². The number of alkyl halides is 3. The van der Waals surface area contributed by atoms with Crippen LogP contribution in [0.5, 0.6) is 0 Å². The number of rotatable bonds is 1. The SMILES string of the molecule is Nc1cccn2cc(-c3ccccc3C(F)(F)F)nc12. The fourth-order valence-corrected chi connectivity index (χ4v) is 2.12. The Bertz CT molecular complexity index is 775. The Balaban J connectivity index is 2.24. The molecule has 0 saturated carbocycles. The second kappa shape index (κ2) is 4.26. The number of halogens is 3. The molecule has 0 fully saturated rings. The van der Waals surface area contributed by atoms with Crippen LogP contribution >= 0.6 is 0 Å². The molecular formula is C14H10F3N3. The fraction of sp³-hybridized carbons (Fsp3) is 0.0714. The van der Waals surface area contributed by atoms with Gasteiger partial charge in [0.1, 0.15) is 0 Å². The molecule has 3 nitrogen and oxygen atoms in total. The van der Waals surface area contributed by atoms with E-state index in [2.05, 4.69) is 4.98 Å². The highest BCUT2D eigenvalue weighted by Crippen LogP contribution is 2.36. The van der Waals surface area contributed by atoms with Gasteiger partial charge in [0, 0.05) is 18.0 Å². The third-order valence-corrected chi connectivity index (χ3v) is 3.02. The average molecular weight is 277 g/mol. The Morgan fingerprint density at radius 3 is 2.50 bits per heavy atom. The van der Waals surface area contributed by atoms with E-state index < -0.39 is 11.7 Å². The number of hydrogen-bond donors (Lipinski definition) is 1. The lowest BCUT2D eigenvalue weighted by Crippen LogP contribution is -2.06. The number of pyridine rings is 1. The third kappa shape index (κ3) is 1.99. The van der Waals surface area contributed by atoms with E-state index in [9.17, 15) is 13.2 Å². The molecular weight excluding hydrogens is 267 g/mol. The van der Waals surface area contributed by atoms with Gasteiger partial charge < -0.3 is 10.1 Å². The van der Waals surface area contributed by atoms with Crippen LogP contribution in [0.15, 0.2) is 48.8 Å². The van der Waals surface area contributed by atoms with Gasteiger partial charge in [-0.15, -0.1) is 0 Å². The number of aromatic nitrogens is 2. The Kier molecular flexibility index (Phi) is 2.67. The number of nitrogens with zero attached hydrogens (tertiary/aromatic N) is 2. The van der Waals surface area contributed by atoms with Crippen LogP contribution in [-0.4, -0.2) is 9.38 Å². The van der Waals surface area contributed by atoms with Crippen LogP contribution in [0.1, 0.15) is 5.56 Å². The van der Waals surface area contributed by atoms with Crippen LogP contribution in [-0.2, 0) is 6.18 Å². The van der Waals surface area contributed by atoms with Gasteiger partial charge in [-0.2, -0.15) is 13.2 Å². The fourth-order valence-electron chi connectivity index (χ4n) is 2.12. The maximum Gasteiger partial charge on any atom is 0.417 e. The normalized spacial score (nSPS) is 11.9. The predicted molar refractivity (Wildman–Crippen MR) is 70.0 cm³/mol. The predicted octanol–water partition coefficient (Wildman–Crippen LogP) is 3.60. The Morgan fingerprint density at radius 2 is 1.80 bits per heavy atom. The molecule has 0 radical (unpaired) electrons. The summed E-state index contributed by atoms with van der Waals surface area (Å²) >= 11 is 0. The van der Waals surface area contributed by atoms with Crippen molar-refractivity contribution in [1.29, 1.82) is 0 Å². The molecule has 0 amide bonds. The van der Waals surface area contributed by atoms with Crippen LogP contribution in [0.4, 0.5) is 18.9 Å². The van der Waals surface area contributed by atoms with Gasteiger partial charge in [0.05, 0.1) is 16.9 Å². The van der Waals surface area contributed by atoms with E-state index in [0.717, 1.165) is 6.07 Å². The zero-order valence-corrected chi connectivity index (χ0v) is 10.2. The largest absolute Gasteiger partial charge is 0.417 e. The molecule has 3 aromatic rings. The van der Waals surface area contributed by atoms with E-state index in [1.807, 2.05) is 0 Å². The van der Waals surface area contributed by atoms with Gasteiger partial charge in [-0.1, -0.05) is 18.2 Å². The molecule has 0 unspecified atom stereocenters. The van der Waals surface area contributed by atoms with Crippen LogP contribution in [0, 0.1) is 0 Å². The van der Waals surface area contributed by atoms with Crippen molar-refractivity contribution in [1.82, 2.24) is 9.38 Å². The molecule has 0 aliphatic heterocycles. The van der Waals surface area contributed by atoms with Crippen LogP contribution in [0.25, 0.3) is 16.9 Å². The monoisotopic (exact) mass is 277 g/mol. The summed E-state index contributed by atoms with van der Waals surface area (Å²) in [6, 6.07) is 8.73. The molecule has 20 heavy (non-hydrogen) atoms. The van der Waals surface area contributed by atoms with Crippen LogP contribution < -0.4 is 5.73 Å². The second-order valence-electron chi connectivity index (χ2n) is 4.36. The average Bonchev–Trinajstić information content (AvgIpc) is 2.83. The zero-order chi connectivity index (χ0) is 14.3. The van der Waals surface area contributed by atoms with Gasteiger partial charge in [-0.3, -0.25) is 0 Å². The Hall–Kier alpha value is -2.50. The lowest BCUT2D eigenvalue weighted by molar-refractivity contribution is -0.137. The van der Waals surface area contributed by atoms with Crippen molar-refractivity contribution < 1.29 is 13.2 Å². The summed E-state index contributed by atoms with van der Waals surface area (Å²) in [5.41, 5.74) is 6.21. The molecule has 3 rings (SSSR count). The topological polar surface area (TPSA) is 43.3 Å². The number of nitrogen functional groups attached to an aromatic ring is 1. The molecule has 102 valence electrons. The highest BCUT2D eigenvalue weighted by molar-refractivity contribution is 5.72. The number of benzene rings is 1. The lowest BCUT2D eigenvalue weighted by atomic mass is 10.1. The summed E-state index contributed by atoms with van der Waals surface area (Å²) in [6.07, 6.45) is -1.19. The third-order valence-electron chi connectivity index (χ3n) is 3.02. The number of imidazole rings is 1. The first-order chi connectivity index (χ1) is 9.47. The first-order valence-electron chi connectivity index (χ1n) is 5.86. The van der Waals surface area contributed by atoms with Gasteiger partial charge in [0.25, 0.3) is 0 Å². The van der Waals surface area contributed by atoms with Crippen molar-refractivity contribution in [3.05, 3.63) is 54.4 Å². The van der Waals surface area contributed by atoms with E-state index >= 15 is 0 Å². The number of anilines is 1. The minimum atomic E-state index is -4.42. The lowest BCUT2D eigenvalue weighted by Gasteiger charge is -2.10. The number of nitrogens with two attached hydrogens (primary N) is 1. The Labute approximate surface area is 112 Å². The van der Waals surface area contributed by atoms with Gasteiger partial charge in [-0.05, 0) is 18.2 Å². The van der Waals surface area contributed by atoms with Gasteiger partial charge in [0.2, 0.25) is 0 Å². The standard InChI is InChI=1S/C14H10F3N3/c15-14(16,17)10-5-2-1-4-9(10)12-8-20-7-3-6-11(18)13(20)19-12/h1-8H,18H2. The van der Waals surface area contributed by atoms with E-state index in [-0.39, 0.29) is 11.3 Å². The molecule has 0 spiro atoms. The van der Waals surface area contributed by atoms with Gasteiger partial charge in [-0.25, -0.2) is 4.98 Å². The molecule has 0 aliphatic rings. The van der Waals surface area contributed by atoms with Crippen LogP contribution in [0.3, 0.4) is 0 Å². The van der Waals surface area contributed by atoms with E-state index in [0.29, 0.717) is 11.3 Å². The van der Waals surface area contributed by atoms with Crippen molar-refractivity contribution in [2.75, 3.05) is 5.73 Å². The number of hydrogen-bond acceptors (Lipinski definition) is 2. The molecule has 2 N–H and O–H groups in total. The zero-order valence-electron chi connectivity index (χ0n) is 10.2. The molecule has 0 saturated heterocycles. The second-order valence-corrected chi connectivity index (χ2v) is 4.36.